The first-order valence-electron chi connectivity index (χ1n) is 4.93. The third-order valence-corrected chi connectivity index (χ3v) is 2.87. The van der Waals surface area contributed by atoms with E-state index in [2.05, 4.69) is 11.3 Å². The predicted molar refractivity (Wildman–Crippen MR) is 52.7 cm³/mol. The summed E-state index contributed by atoms with van der Waals surface area (Å²) >= 11 is 0. The maximum absolute atomic E-state index is 11.3. The highest BCUT2D eigenvalue weighted by molar-refractivity contribution is 5.91. The third kappa shape index (κ3) is 2.44. The highest BCUT2D eigenvalue weighted by Gasteiger charge is 2.29. The first-order chi connectivity index (χ1) is 6.69. The Bertz CT molecular complexity index is 237. The minimum absolute atomic E-state index is 0.00568. The van der Waals surface area contributed by atoms with Crippen molar-refractivity contribution in [3.63, 3.8) is 0 Å². The molecule has 0 aromatic heterocycles. The van der Waals surface area contributed by atoms with E-state index >= 15 is 0 Å². The van der Waals surface area contributed by atoms with Crippen LogP contribution in [0.2, 0.25) is 0 Å². The number of rotatable bonds is 3. The summed E-state index contributed by atoms with van der Waals surface area (Å²) < 4.78 is 4.67. The molecule has 0 amide bonds. The molecule has 0 radical (unpaired) electrons. The van der Waals surface area contributed by atoms with Crippen LogP contribution in [0, 0.1) is 11.8 Å². The molecule has 0 spiro atoms. The zero-order valence-electron chi connectivity index (χ0n) is 8.49. The SMILES string of the molecule is C=CC(=O)[C@H]1CC[C@@H](C(=O)OC)CC1. The molecule has 0 aliphatic heterocycles. The average molecular weight is 196 g/mol. The number of esters is 1. The predicted octanol–water partition coefficient (Wildman–Crippen LogP) is 1.72. The molecule has 3 nitrogen and oxygen atoms in total. The number of hydrogen-bond donors (Lipinski definition) is 0. The monoisotopic (exact) mass is 196 g/mol. The zero-order valence-corrected chi connectivity index (χ0v) is 8.49. The summed E-state index contributed by atoms with van der Waals surface area (Å²) in [5.41, 5.74) is 0. The van der Waals surface area contributed by atoms with Gasteiger partial charge in [0.2, 0.25) is 0 Å². The Hall–Kier alpha value is -1.12. The summed E-state index contributed by atoms with van der Waals surface area (Å²) in [5, 5.41) is 0. The minimum Gasteiger partial charge on any atom is -0.469 e. The van der Waals surface area contributed by atoms with E-state index in [-0.39, 0.29) is 23.6 Å². The standard InChI is InChI=1S/C11H16O3/c1-3-10(12)8-4-6-9(7-5-8)11(13)14-2/h3,8-9H,1,4-7H2,2H3/t8-,9+. The number of hydrogen-bond acceptors (Lipinski definition) is 3. The van der Waals surface area contributed by atoms with Crippen molar-refractivity contribution in [1.29, 1.82) is 0 Å². The Labute approximate surface area is 84.1 Å². The fourth-order valence-electron chi connectivity index (χ4n) is 1.95. The van der Waals surface area contributed by atoms with Gasteiger partial charge in [-0.25, -0.2) is 0 Å². The van der Waals surface area contributed by atoms with E-state index < -0.39 is 0 Å². The van der Waals surface area contributed by atoms with Gasteiger partial charge in [0.15, 0.2) is 5.78 Å². The average Bonchev–Trinajstić information content (AvgIpc) is 2.27. The van der Waals surface area contributed by atoms with Crippen molar-refractivity contribution in [3.05, 3.63) is 12.7 Å². The second-order valence-electron chi connectivity index (χ2n) is 3.68. The lowest BCUT2D eigenvalue weighted by atomic mass is 9.80. The third-order valence-electron chi connectivity index (χ3n) is 2.87. The molecular weight excluding hydrogens is 180 g/mol. The minimum atomic E-state index is -0.144. The fraction of sp³-hybridized carbons (Fsp3) is 0.636. The molecule has 1 aliphatic carbocycles. The Morgan fingerprint density at radius 2 is 1.71 bits per heavy atom. The molecule has 1 saturated carbocycles. The van der Waals surface area contributed by atoms with E-state index in [1.165, 1.54) is 13.2 Å². The summed E-state index contributed by atoms with van der Waals surface area (Å²) in [4.78, 5) is 22.5. The van der Waals surface area contributed by atoms with Gasteiger partial charge in [-0.3, -0.25) is 9.59 Å². The molecule has 0 atom stereocenters. The summed E-state index contributed by atoms with van der Waals surface area (Å²) in [7, 11) is 1.41. The zero-order chi connectivity index (χ0) is 10.6. The van der Waals surface area contributed by atoms with Crippen LogP contribution in [0.5, 0.6) is 0 Å². The van der Waals surface area contributed by atoms with E-state index in [9.17, 15) is 9.59 Å². The van der Waals surface area contributed by atoms with Gasteiger partial charge in [0.1, 0.15) is 0 Å². The summed E-state index contributed by atoms with van der Waals surface area (Å²) in [6, 6.07) is 0. The number of methoxy groups -OCH3 is 1. The summed E-state index contributed by atoms with van der Waals surface area (Å²) in [5.74, 6) is 0.0325. The van der Waals surface area contributed by atoms with Crippen LogP contribution < -0.4 is 0 Å². The van der Waals surface area contributed by atoms with Crippen LogP contribution in [-0.4, -0.2) is 18.9 Å². The van der Waals surface area contributed by atoms with Gasteiger partial charge < -0.3 is 4.74 Å². The van der Waals surface area contributed by atoms with Gasteiger partial charge in [0, 0.05) is 5.92 Å². The smallest absolute Gasteiger partial charge is 0.308 e. The first kappa shape index (κ1) is 11.0. The molecule has 0 saturated heterocycles. The fourth-order valence-corrected chi connectivity index (χ4v) is 1.95. The normalized spacial score (nSPS) is 26.6. The molecule has 3 heteroatoms. The molecule has 0 aromatic carbocycles. The molecular formula is C11H16O3. The number of ketones is 1. The maximum atomic E-state index is 11.3. The topological polar surface area (TPSA) is 43.4 Å². The molecule has 1 rings (SSSR count). The van der Waals surface area contributed by atoms with Crippen molar-refractivity contribution in [2.75, 3.05) is 7.11 Å². The first-order valence-corrected chi connectivity index (χ1v) is 4.93. The lowest BCUT2D eigenvalue weighted by Crippen LogP contribution is -2.25. The van der Waals surface area contributed by atoms with Crippen LogP contribution in [0.4, 0.5) is 0 Å². The molecule has 14 heavy (non-hydrogen) atoms. The second kappa shape index (κ2) is 4.94. The molecule has 0 bridgehead atoms. The van der Waals surface area contributed by atoms with E-state index in [1.54, 1.807) is 0 Å². The summed E-state index contributed by atoms with van der Waals surface area (Å²) in [6.45, 7) is 3.46. The molecule has 78 valence electrons. The van der Waals surface area contributed by atoms with Gasteiger partial charge >= 0.3 is 5.97 Å². The number of carbonyl (C=O) groups excluding carboxylic acids is 2. The quantitative estimate of drug-likeness (QED) is 0.510. The van der Waals surface area contributed by atoms with Crippen LogP contribution >= 0.6 is 0 Å². The van der Waals surface area contributed by atoms with E-state index in [4.69, 9.17) is 0 Å². The van der Waals surface area contributed by atoms with Gasteiger partial charge in [-0.05, 0) is 31.8 Å². The van der Waals surface area contributed by atoms with Crippen LogP contribution in [0.1, 0.15) is 25.7 Å². The van der Waals surface area contributed by atoms with Crippen molar-refractivity contribution < 1.29 is 14.3 Å². The molecule has 0 aromatic rings. The van der Waals surface area contributed by atoms with Gasteiger partial charge in [-0.2, -0.15) is 0 Å². The van der Waals surface area contributed by atoms with Crippen molar-refractivity contribution in [2.24, 2.45) is 11.8 Å². The Balaban J connectivity index is 2.42. The van der Waals surface area contributed by atoms with Crippen LogP contribution in [-0.2, 0) is 14.3 Å². The molecule has 1 fully saturated rings. The van der Waals surface area contributed by atoms with Gasteiger partial charge in [0.05, 0.1) is 13.0 Å². The van der Waals surface area contributed by atoms with Crippen LogP contribution in [0.25, 0.3) is 0 Å². The number of carbonyl (C=O) groups is 2. The van der Waals surface area contributed by atoms with Crippen LogP contribution in [0.15, 0.2) is 12.7 Å². The largest absolute Gasteiger partial charge is 0.469 e. The molecule has 0 heterocycles. The molecule has 1 aliphatic rings. The molecule has 0 unspecified atom stereocenters. The van der Waals surface area contributed by atoms with E-state index in [1.807, 2.05) is 0 Å². The highest BCUT2D eigenvalue weighted by atomic mass is 16.5. The second-order valence-corrected chi connectivity index (χ2v) is 3.68. The Morgan fingerprint density at radius 1 is 1.21 bits per heavy atom. The molecule has 0 N–H and O–H groups in total. The Morgan fingerprint density at radius 3 is 2.14 bits per heavy atom. The number of allylic oxidation sites excluding steroid dienone is 1. The van der Waals surface area contributed by atoms with Crippen molar-refractivity contribution in [2.45, 2.75) is 25.7 Å². The van der Waals surface area contributed by atoms with Gasteiger partial charge in [-0.15, -0.1) is 0 Å². The van der Waals surface area contributed by atoms with Gasteiger partial charge in [-0.1, -0.05) is 6.58 Å². The lowest BCUT2D eigenvalue weighted by molar-refractivity contribution is -0.147. The van der Waals surface area contributed by atoms with Crippen molar-refractivity contribution in [3.8, 4) is 0 Å². The maximum Gasteiger partial charge on any atom is 0.308 e. The van der Waals surface area contributed by atoms with Crippen molar-refractivity contribution in [1.82, 2.24) is 0 Å². The Kier molecular flexibility index (Phi) is 3.86. The summed E-state index contributed by atoms with van der Waals surface area (Å²) in [6.07, 6.45) is 4.46. The highest BCUT2D eigenvalue weighted by Crippen LogP contribution is 2.30. The van der Waals surface area contributed by atoms with Gasteiger partial charge in [0.25, 0.3) is 0 Å². The lowest BCUT2D eigenvalue weighted by Gasteiger charge is -2.24. The van der Waals surface area contributed by atoms with Crippen molar-refractivity contribution >= 4 is 11.8 Å². The van der Waals surface area contributed by atoms with E-state index in [0.29, 0.717) is 0 Å². The number of ether oxygens (including phenoxy) is 1. The van der Waals surface area contributed by atoms with Crippen LogP contribution in [0.3, 0.4) is 0 Å². The van der Waals surface area contributed by atoms with E-state index in [0.717, 1.165) is 25.7 Å².